The first-order valence-electron chi connectivity index (χ1n) is 4.65. The largest absolute Gasteiger partial charge is 0.478 e. The molecular weight excluding hydrogens is 212 g/mol. The number of rotatable bonds is 5. The molecule has 5 heteroatoms. The number of carbonyl (C=O) groups is 2. The molecule has 0 aliphatic carbocycles. The van der Waals surface area contributed by atoms with Gasteiger partial charge in [0.05, 0.1) is 17.7 Å². The van der Waals surface area contributed by atoms with E-state index in [9.17, 15) is 9.59 Å². The molecule has 1 aromatic rings. The van der Waals surface area contributed by atoms with Gasteiger partial charge in [0.2, 0.25) is 0 Å². The van der Waals surface area contributed by atoms with E-state index >= 15 is 0 Å². The van der Waals surface area contributed by atoms with Crippen LogP contribution in [0.25, 0.3) is 0 Å². The molecule has 0 aliphatic heterocycles. The van der Waals surface area contributed by atoms with E-state index in [1.807, 2.05) is 0 Å². The molecule has 0 radical (unpaired) electrons. The first-order chi connectivity index (χ1) is 7.57. The predicted molar refractivity (Wildman–Crippen MR) is 55.9 cm³/mol. The Morgan fingerprint density at radius 3 is 2.06 bits per heavy atom. The predicted octanol–water partition coefficient (Wildman–Crippen LogP) is 1.27. The Morgan fingerprint density at radius 2 is 1.69 bits per heavy atom. The lowest BCUT2D eigenvalue weighted by molar-refractivity contribution is 0.0694. The Hall–Kier alpha value is -1.88. The van der Waals surface area contributed by atoms with E-state index < -0.39 is 11.9 Å². The van der Waals surface area contributed by atoms with Gasteiger partial charge in [-0.25, -0.2) is 9.59 Å². The Labute approximate surface area is 92.3 Å². The average molecular weight is 224 g/mol. The topological polar surface area (TPSA) is 83.8 Å². The highest BCUT2D eigenvalue weighted by atomic mass is 16.5. The quantitative estimate of drug-likeness (QED) is 0.786. The summed E-state index contributed by atoms with van der Waals surface area (Å²) in [5, 5.41) is 17.9. The molecule has 5 nitrogen and oxygen atoms in total. The molecule has 86 valence electrons. The summed E-state index contributed by atoms with van der Waals surface area (Å²) in [6.07, 6.45) is 0.264. The van der Waals surface area contributed by atoms with Crippen LogP contribution in [0.15, 0.2) is 18.2 Å². The van der Waals surface area contributed by atoms with Crippen LogP contribution in [-0.2, 0) is 11.2 Å². The van der Waals surface area contributed by atoms with Gasteiger partial charge in [-0.05, 0) is 24.1 Å². The highest BCUT2D eigenvalue weighted by Gasteiger charge is 2.17. The zero-order valence-electron chi connectivity index (χ0n) is 8.77. The fourth-order valence-corrected chi connectivity index (χ4v) is 1.46. The maximum Gasteiger partial charge on any atom is 0.335 e. The lowest BCUT2D eigenvalue weighted by Gasteiger charge is -2.08. The molecule has 0 spiro atoms. The molecule has 0 unspecified atom stereocenters. The van der Waals surface area contributed by atoms with E-state index in [1.54, 1.807) is 0 Å². The Kier molecular flexibility index (Phi) is 4.02. The number of methoxy groups -OCH3 is 1. The molecule has 0 saturated heterocycles. The minimum absolute atomic E-state index is 0.0111. The first kappa shape index (κ1) is 12.2. The normalized spacial score (nSPS) is 10.1. The summed E-state index contributed by atoms with van der Waals surface area (Å²) in [6.45, 7) is 0.282. The van der Waals surface area contributed by atoms with E-state index in [1.165, 1.54) is 25.3 Å². The molecule has 16 heavy (non-hydrogen) atoms. The van der Waals surface area contributed by atoms with E-state index in [0.29, 0.717) is 5.56 Å². The molecule has 0 aromatic heterocycles. The van der Waals surface area contributed by atoms with Gasteiger partial charge in [-0.15, -0.1) is 0 Å². The molecule has 0 fully saturated rings. The molecule has 0 bridgehead atoms. The van der Waals surface area contributed by atoms with Crippen molar-refractivity contribution >= 4 is 11.9 Å². The van der Waals surface area contributed by atoms with Gasteiger partial charge in [-0.3, -0.25) is 0 Å². The zero-order chi connectivity index (χ0) is 12.1. The second kappa shape index (κ2) is 5.27. The van der Waals surface area contributed by atoms with Crippen LogP contribution in [0.4, 0.5) is 0 Å². The monoisotopic (exact) mass is 224 g/mol. The summed E-state index contributed by atoms with van der Waals surface area (Å²) in [4.78, 5) is 21.9. The highest BCUT2D eigenvalue weighted by Crippen LogP contribution is 2.16. The van der Waals surface area contributed by atoms with Gasteiger partial charge in [0.25, 0.3) is 0 Å². The van der Waals surface area contributed by atoms with E-state index in [2.05, 4.69) is 0 Å². The third-order valence-electron chi connectivity index (χ3n) is 2.19. The van der Waals surface area contributed by atoms with Gasteiger partial charge >= 0.3 is 11.9 Å². The number of aromatic carboxylic acids is 2. The standard InChI is InChI=1S/C11H12O5/c1-16-6-5-7-8(10(12)13)3-2-4-9(7)11(14)15/h2-4H,5-6H2,1H3,(H,12,13)(H,14,15). The third kappa shape index (κ3) is 2.58. The molecule has 1 aromatic carbocycles. The van der Waals surface area contributed by atoms with Gasteiger partial charge in [0.1, 0.15) is 0 Å². The lowest BCUT2D eigenvalue weighted by Crippen LogP contribution is -2.11. The van der Waals surface area contributed by atoms with Crippen molar-refractivity contribution in [3.8, 4) is 0 Å². The van der Waals surface area contributed by atoms with Crippen LogP contribution >= 0.6 is 0 Å². The zero-order valence-corrected chi connectivity index (χ0v) is 8.77. The molecule has 0 heterocycles. The average Bonchev–Trinajstić information content (AvgIpc) is 2.25. The summed E-state index contributed by atoms with van der Waals surface area (Å²) in [6, 6.07) is 4.20. The maximum absolute atomic E-state index is 10.9. The first-order valence-corrected chi connectivity index (χ1v) is 4.65. The van der Waals surface area contributed by atoms with Crippen molar-refractivity contribution in [3.05, 3.63) is 34.9 Å². The number of carboxylic acids is 2. The van der Waals surface area contributed by atoms with Gasteiger partial charge in [-0.2, -0.15) is 0 Å². The van der Waals surface area contributed by atoms with Crippen LogP contribution in [0.1, 0.15) is 26.3 Å². The molecule has 2 N–H and O–H groups in total. The fourth-order valence-electron chi connectivity index (χ4n) is 1.46. The fraction of sp³-hybridized carbons (Fsp3) is 0.273. The number of hydrogen-bond acceptors (Lipinski definition) is 3. The second-order valence-corrected chi connectivity index (χ2v) is 3.18. The second-order valence-electron chi connectivity index (χ2n) is 3.18. The van der Waals surface area contributed by atoms with Crippen LogP contribution in [0.5, 0.6) is 0 Å². The highest BCUT2D eigenvalue weighted by molar-refractivity contribution is 5.96. The number of hydrogen-bond donors (Lipinski definition) is 2. The molecule has 1 rings (SSSR count). The molecule has 0 saturated carbocycles. The van der Waals surface area contributed by atoms with Crippen molar-refractivity contribution in [2.75, 3.05) is 13.7 Å². The van der Waals surface area contributed by atoms with Crippen molar-refractivity contribution in [1.29, 1.82) is 0 Å². The van der Waals surface area contributed by atoms with Crippen LogP contribution < -0.4 is 0 Å². The smallest absolute Gasteiger partial charge is 0.335 e. The van der Waals surface area contributed by atoms with Crippen LogP contribution in [0.3, 0.4) is 0 Å². The van der Waals surface area contributed by atoms with E-state index in [4.69, 9.17) is 14.9 Å². The molecular formula is C11H12O5. The summed E-state index contributed by atoms with van der Waals surface area (Å²) in [5.41, 5.74) is 0.318. The summed E-state index contributed by atoms with van der Waals surface area (Å²) >= 11 is 0. The Morgan fingerprint density at radius 1 is 1.19 bits per heavy atom. The summed E-state index contributed by atoms with van der Waals surface area (Å²) in [5.74, 6) is -2.26. The Bertz CT molecular complexity index is 379. The lowest BCUT2D eigenvalue weighted by atomic mass is 9.98. The number of ether oxygens (including phenoxy) is 1. The molecule has 0 atom stereocenters. The van der Waals surface area contributed by atoms with Crippen LogP contribution in [0.2, 0.25) is 0 Å². The third-order valence-corrected chi connectivity index (χ3v) is 2.19. The van der Waals surface area contributed by atoms with Crippen molar-refractivity contribution < 1.29 is 24.5 Å². The SMILES string of the molecule is COCCc1c(C(=O)O)cccc1C(=O)O. The summed E-state index contributed by atoms with van der Waals surface area (Å²) < 4.78 is 4.83. The van der Waals surface area contributed by atoms with Gasteiger partial charge in [-0.1, -0.05) is 6.07 Å². The van der Waals surface area contributed by atoms with E-state index in [0.717, 1.165) is 0 Å². The molecule has 0 amide bonds. The minimum Gasteiger partial charge on any atom is -0.478 e. The maximum atomic E-state index is 10.9. The van der Waals surface area contributed by atoms with Gasteiger partial charge < -0.3 is 14.9 Å². The minimum atomic E-state index is -1.13. The van der Waals surface area contributed by atoms with Gasteiger partial charge in [0.15, 0.2) is 0 Å². The van der Waals surface area contributed by atoms with Crippen LogP contribution in [0, 0.1) is 0 Å². The van der Waals surface area contributed by atoms with Crippen molar-refractivity contribution in [1.82, 2.24) is 0 Å². The van der Waals surface area contributed by atoms with E-state index in [-0.39, 0.29) is 24.2 Å². The number of carboxylic acid groups (broad SMARTS) is 2. The van der Waals surface area contributed by atoms with Crippen molar-refractivity contribution in [3.63, 3.8) is 0 Å². The van der Waals surface area contributed by atoms with Crippen molar-refractivity contribution in [2.45, 2.75) is 6.42 Å². The number of benzene rings is 1. The van der Waals surface area contributed by atoms with Gasteiger partial charge in [0, 0.05) is 7.11 Å². The summed E-state index contributed by atoms with van der Waals surface area (Å²) in [7, 11) is 1.48. The van der Waals surface area contributed by atoms with Crippen LogP contribution in [-0.4, -0.2) is 35.9 Å². The van der Waals surface area contributed by atoms with Crippen molar-refractivity contribution in [2.24, 2.45) is 0 Å². The Balaban J connectivity index is 3.23. The molecule has 0 aliphatic rings.